The number of carboxylic acid groups (broad SMARTS) is 1. The van der Waals surface area contributed by atoms with Crippen molar-refractivity contribution in [2.45, 2.75) is 199 Å². The van der Waals surface area contributed by atoms with E-state index in [0.29, 0.717) is 12.8 Å². The number of ether oxygens (including phenoxy) is 1. The number of esters is 1. The number of aliphatic carboxylic acids is 1. The van der Waals surface area contributed by atoms with Crippen LogP contribution in [0.3, 0.4) is 0 Å². The van der Waals surface area contributed by atoms with Crippen LogP contribution in [0.2, 0.25) is 0 Å². The first-order chi connectivity index (χ1) is 29.6. The summed E-state index contributed by atoms with van der Waals surface area (Å²) >= 11 is 0. The zero-order valence-corrected chi connectivity index (χ0v) is 38.8. The number of carbonyl (C=O) groups excluding carboxylic acids is 2. The van der Waals surface area contributed by atoms with Crippen LogP contribution in [0.15, 0.2) is 72.9 Å². The maximum atomic E-state index is 12.3. The highest BCUT2D eigenvalue weighted by molar-refractivity contribution is 7.47. The smallest absolute Gasteiger partial charge is 0.472 e. The number of phosphoric ester groups is 1. The predicted molar refractivity (Wildman–Crippen MR) is 249 cm³/mol. The summed E-state index contributed by atoms with van der Waals surface area (Å²) in [7, 11) is -4.77. The first-order valence-corrected chi connectivity index (χ1v) is 25.0. The van der Waals surface area contributed by atoms with Crippen molar-refractivity contribution in [1.82, 2.24) is 5.32 Å². The van der Waals surface area contributed by atoms with E-state index in [1.54, 1.807) is 0 Å². The molecule has 0 aliphatic carbocycles. The van der Waals surface area contributed by atoms with Crippen LogP contribution in [0.1, 0.15) is 187 Å². The molecule has 350 valence electrons. The summed E-state index contributed by atoms with van der Waals surface area (Å²) in [6, 6.07) is -1.57. The molecule has 3 unspecified atom stereocenters. The average Bonchev–Trinajstić information content (AvgIpc) is 3.24. The minimum absolute atomic E-state index is 0.0874. The number of hydrogen-bond donors (Lipinski definition) is 4. The van der Waals surface area contributed by atoms with Gasteiger partial charge in [-0.05, 0) is 64.2 Å². The molecule has 0 bridgehead atoms. The van der Waals surface area contributed by atoms with Crippen LogP contribution in [-0.4, -0.2) is 64.9 Å². The summed E-state index contributed by atoms with van der Waals surface area (Å²) in [4.78, 5) is 46.0. The quantitative estimate of drug-likeness (QED) is 0.0200. The molecule has 0 aromatic carbocycles. The second-order valence-electron chi connectivity index (χ2n) is 15.6. The van der Waals surface area contributed by atoms with Gasteiger partial charge in [0.15, 0.2) is 6.04 Å². The van der Waals surface area contributed by atoms with Crippen LogP contribution in [0, 0.1) is 0 Å². The van der Waals surface area contributed by atoms with Crippen LogP contribution in [-0.2, 0) is 32.7 Å². The molecular weight excluding hydrogens is 794 g/mol. The van der Waals surface area contributed by atoms with Gasteiger partial charge in [-0.2, -0.15) is 0 Å². The van der Waals surface area contributed by atoms with E-state index in [1.165, 1.54) is 77.0 Å². The monoisotopic (exact) mass is 878 g/mol. The SMILES string of the molecule is CC/C=C\C/C=C\C/C=C\C/C=C\C/C=C\C/C=C\CCCCC(=O)NC(COP(=O)(O)OCC(O)COC(=O)CCCCCCCCCCCCCCCCCC)C(=O)O. The lowest BCUT2D eigenvalue weighted by Gasteiger charge is -2.18. The number of aliphatic hydroxyl groups excluding tert-OH is 1. The lowest BCUT2D eigenvalue weighted by atomic mass is 10.0. The normalized spacial score (nSPS) is 14.3. The number of aliphatic hydroxyl groups is 1. The van der Waals surface area contributed by atoms with Gasteiger partial charge in [-0.15, -0.1) is 0 Å². The second kappa shape index (κ2) is 43.6. The third kappa shape index (κ3) is 43.4. The highest BCUT2D eigenvalue weighted by atomic mass is 31.2. The molecule has 12 heteroatoms. The Morgan fingerprint density at radius 1 is 0.541 bits per heavy atom. The summed E-state index contributed by atoms with van der Waals surface area (Å²) < 4.78 is 26.9. The van der Waals surface area contributed by atoms with Crippen LogP contribution >= 0.6 is 7.82 Å². The first kappa shape index (κ1) is 57.9. The van der Waals surface area contributed by atoms with Crippen molar-refractivity contribution in [3.05, 3.63) is 72.9 Å². The van der Waals surface area contributed by atoms with Crippen molar-refractivity contribution in [2.24, 2.45) is 0 Å². The standard InChI is InChI=1S/C49H84NO10P/c1-3-5-7-9-11-13-15-17-19-21-22-23-24-25-26-28-30-32-34-36-38-40-47(52)50-46(49(54)55)44-60-61(56,57)59-43-45(51)42-58-48(53)41-39-37-35-33-31-29-27-20-18-16-14-12-10-8-6-4-2/h5,7,11,13,17,19,22-23,25-26,30,32,45-46,51H,3-4,6,8-10,12,14-16,18,20-21,24,27-29,31,33-44H2,1-2H3,(H,50,52)(H,54,55)(H,56,57)/b7-5-,13-11-,19-17-,23-22-,26-25-,32-30-. The van der Waals surface area contributed by atoms with Crippen molar-refractivity contribution in [3.8, 4) is 0 Å². The Labute approximate surface area is 369 Å². The van der Waals surface area contributed by atoms with Crippen LogP contribution in [0.4, 0.5) is 0 Å². The van der Waals surface area contributed by atoms with Gasteiger partial charge in [-0.25, -0.2) is 9.36 Å². The van der Waals surface area contributed by atoms with E-state index in [4.69, 9.17) is 13.8 Å². The van der Waals surface area contributed by atoms with Gasteiger partial charge in [0, 0.05) is 12.8 Å². The molecule has 0 saturated carbocycles. The topological polar surface area (TPSA) is 169 Å². The lowest BCUT2D eigenvalue weighted by Crippen LogP contribution is -2.43. The molecule has 0 heterocycles. The predicted octanol–water partition coefficient (Wildman–Crippen LogP) is 12.5. The minimum Gasteiger partial charge on any atom is -0.480 e. The number of hydrogen-bond acceptors (Lipinski definition) is 8. The molecule has 0 radical (unpaired) electrons. The summed E-state index contributed by atoms with van der Waals surface area (Å²) in [6.07, 6.45) is 52.1. The Morgan fingerprint density at radius 3 is 1.41 bits per heavy atom. The van der Waals surface area contributed by atoms with E-state index in [2.05, 4.69) is 86.0 Å². The number of carbonyl (C=O) groups is 3. The lowest BCUT2D eigenvalue weighted by molar-refractivity contribution is -0.147. The fraction of sp³-hybridized carbons (Fsp3) is 0.694. The summed E-state index contributed by atoms with van der Waals surface area (Å²) in [5, 5.41) is 21.8. The molecule has 0 aromatic heterocycles. The van der Waals surface area contributed by atoms with E-state index in [1.807, 2.05) is 6.08 Å². The van der Waals surface area contributed by atoms with Gasteiger partial charge in [-0.3, -0.25) is 18.6 Å². The van der Waals surface area contributed by atoms with E-state index in [9.17, 15) is 34.1 Å². The zero-order chi connectivity index (χ0) is 44.9. The third-order valence-electron chi connectivity index (χ3n) is 9.76. The van der Waals surface area contributed by atoms with Crippen molar-refractivity contribution in [2.75, 3.05) is 19.8 Å². The Hall–Kier alpha value is -3.08. The van der Waals surface area contributed by atoms with Crippen molar-refractivity contribution in [1.29, 1.82) is 0 Å². The maximum Gasteiger partial charge on any atom is 0.472 e. The Kier molecular flexibility index (Phi) is 41.4. The van der Waals surface area contributed by atoms with Crippen molar-refractivity contribution >= 4 is 25.7 Å². The molecule has 0 aliphatic rings. The van der Waals surface area contributed by atoms with Crippen molar-refractivity contribution < 1.29 is 47.8 Å². The molecule has 0 aliphatic heterocycles. The van der Waals surface area contributed by atoms with Gasteiger partial charge in [0.2, 0.25) is 5.91 Å². The number of amides is 1. The third-order valence-corrected chi connectivity index (χ3v) is 10.7. The Bertz CT molecular complexity index is 1310. The molecular formula is C49H84NO10P. The number of phosphoric acid groups is 1. The summed E-state index contributed by atoms with van der Waals surface area (Å²) in [6.45, 7) is 2.46. The fourth-order valence-corrected chi connectivity index (χ4v) is 6.91. The van der Waals surface area contributed by atoms with Crippen LogP contribution in [0.5, 0.6) is 0 Å². The largest absolute Gasteiger partial charge is 0.480 e. The Morgan fingerprint density at radius 2 is 0.951 bits per heavy atom. The number of carboxylic acids is 1. The highest BCUT2D eigenvalue weighted by Gasteiger charge is 2.28. The Balaban J connectivity index is 3.96. The number of unbranched alkanes of at least 4 members (excludes halogenated alkanes) is 17. The first-order valence-electron chi connectivity index (χ1n) is 23.5. The van der Waals surface area contributed by atoms with E-state index in [0.717, 1.165) is 70.6 Å². The van der Waals surface area contributed by atoms with Gasteiger partial charge in [0.25, 0.3) is 0 Å². The number of allylic oxidation sites excluding steroid dienone is 12. The van der Waals surface area contributed by atoms with Gasteiger partial charge in [0.05, 0.1) is 13.2 Å². The molecule has 4 N–H and O–H groups in total. The van der Waals surface area contributed by atoms with E-state index < -0.39 is 57.6 Å². The molecule has 3 atom stereocenters. The van der Waals surface area contributed by atoms with Crippen LogP contribution < -0.4 is 5.32 Å². The van der Waals surface area contributed by atoms with Gasteiger partial charge < -0.3 is 25.2 Å². The van der Waals surface area contributed by atoms with Gasteiger partial charge in [-0.1, -0.05) is 183 Å². The summed E-state index contributed by atoms with van der Waals surface area (Å²) in [5.74, 6) is -2.44. The molecule has 1 amide bonds. The fourth-order valence-electron chi connectivity index (χ4n) is 6.14. The molecule has 0 spiro atoms. The number of nitrogens with one attached hydrogen (secondary N) is 1. The van der Waals surface area contributed by atoms with Crippen molar-refractivity contribution in [3.63, 3.8) is 0 Å². The minimum atomic E-state index is -4.77. The number of rotatable bonds is 43. The van der Waals surface area contributed by atoms with Gasteiger partial charge in [0.1, 0.15) is 12.7 Å². The molecule has 0 rings (SSSR count). The molecule has 0 aromatic rings. The zero-order valence-electron chi connectivity index (χ0n) is 37.9. The average molecular weight is 878 g/mol. The van der Waals surface area contributed by atoms with E-state index >= 15 is 0 Å². The van der Waals surface area contributed by atoms with Crippen LogP contribution in [0.25, 0.3) is 0 Å². The van der Waals surface area contributed by atoms with E-state index in [-0.39, 0.29) is 12.8 Å². The highest BCUT2D eigenvalue weighted by Crippen LogP contribution is 2.43. The molecule has 0 saturated heterocycles. The maximum absolute atomic E-state index is 12.3. The second-order valence-corrected chi connectivity index (χ2v) is 17.0. The molecule has 61 heavy (non-hydrogen) atoms. The summed E-state index contributed by atoms with van der Waals surface area (Å²) in [5.41, 5.74) is 0. The molecule has 0 fully saturated rings. The van der Waals surface area contributed by atoms with Gasteiger partial charge >= 0.3 is 19.8 Å². The molecule has 11 nitrogen and oxygen atoms in total.